The van der Waals surface area contributed by atoms with E-state index in [0.29, 0.717) is 6.54 Å². The molecule has 0 fully saturated rings. The normalized spacial score (nSPS) is 12.5. The van der Waals surface area contributed by atoms with E-state index in [2.05, 4.69) is 0 Å². The van der Waals surface area contributed by atoms with Crippen LogP contribution in [0.1, 0.15) is 24.8 Å². The number of nitrogens with two attached hydrogens (primary N) is 1. The molecule has 15 heavy (non-hydrogen) atoms. The third kappa shape index (κ3) is 2.59. The monoisotopic (exact) mass is 213 g/mol. The lowest BCUT2D eigenvalue weighted by atomic mass is 9.97. The second-order valence-corrected chi connectivity index (χ2v) is 3.53. The first-order valence-corrected chi connectivity index (χ1v) is 4.86. The molecular weight excluding hydrogens is 197 g/mol. The zero-order chi connectivity index (χ0) is 11.4. The predicted molar refractivity (Wildman–Crippen MR) is 56.7 cm³/mol. The van der Waals surface area contributed by atoms with Crippen molar-refractivity contribution < 1.29 is 14.2 Å². The van der Waals surface area contributed by atoms with Crippen LogP contribution in [0.5, 0.6) is 11.5 Å². The van der Waals surface area contributed by atoms with Crippen LogP contribution in [-0.2, 0) is 0 Å². The number of hydrogen-bond acceptors (Lipinski definition) is 3. The fraction of sp³-hybridized carbons (Fsp3) is 0.455. The number of phenolic OH excluding ortho intramolecular Hbond substituents is 1. The zero-order valence-corrected chi connectivity index (χ0v) is 8.96. The standard InChI is InChI=1S/C11H16FNO2/c1-7(3-4-13)8-5-9(12)11(14)10(6-8)15-2/h5-7,14H,3-4,13H2,1-2H3. The van der Waals surface area contributed by atoms with Crippen LogP contribution in [0.3, 0.4) is 0 Å². The largest absolute Gasteiger partial charge is 0.502 e. The van der Waals surface area contributed by atoms with E-state index in [-0.39, 0.29) is 11.7 Å². The molecule has 1 rings (SSSR count). The van der Waals surface area contributed by atoms with E-state index in [0.717, 1.165) is 12.0 Å². The number of halogens is 1. The van der Waals surface area contributed by atoms with Crippen molar-refractivity contribution in [1.29, 1.82) is 0 Å². The van der Waals surface area contributed by atoms with Crippen LogP contribution in [0.15, 0.2) is 12.1 Å². The molecule has 0 aliphatic rings. The smallest absolute Gasteiger partial charge is 0.194 e. The molecule has 0 radical (unpaired) electrons. The van der Waals surface area contributed by atoms with Gasteiger partial charge in [-0.1, -0.05) is 6.92 Å². The van der Waals surface area contributed by atoms with E-state index >= 15 is 0 Å². The molecule has 84 valence electrons. The van der Waals surface area contributed by atoms with Crippen molar-refractivity contribution >= 4 is 0 Å². The molecule has 3 N–H and O–H groups in total. The molecule has 0 amide bonds. The molecule has 3 nitrogen and oxygen atoms in total. The predicted octanol–water partition coefficient (Wildman–Crippen LogP) is 1.99. The molecule has 0 heterocycles. The number of ether oxygens (including phenoxy) is 1. The van der Waals surface area contributed by atoms with E-state index < -0.39 is 11.6 Å². The summed E-state index contributed by atoms with van der Waals surface area (Å²) in [5, 5.41) is 9.31. The maximum absolute atomic E-state index is 13.3. The van der Waals surface area contributed by atoms with E-state index in [1.807, 2.05) is 6.92 Å². The summed E-state index contributed by atoms with van der Waals surface area (Å²) in [4.78, 5) is 0. The average Bonchev–Trinajstić information content (AvgIpc) is 2.22. The van der Waals surface area contributed by atoms with Crippen molar-refractivity contribution in [3.8, 4) is 11.5 Å². The number of methoxy groups -OCH3 is 1. The highest BCUT2D eigenvalue weighted by molar-refractivity contribution is 5.44. The summed E-state index contributed by atoms with van der Waals surface area (Å²) < 4.78 is 18.1. The van der Waals surface area contributed by atoms with Crippen molar-refractivity contribution in [2.45, 2.75) is 19.3 Å². The van der Waals surface area contributed by atoms with Gasteiger partial charge in [-0.3, -0.25) is 0 Å². The minimum atomic E-state index is -0.659. The molecule has 0 bridgehead atoms. The quantitative estimate of drug-likeness (QED) is 0.804. The molecular formula is C11H16FNO2. The maximum atomic E-state index is 13.3. The fourth-order valence-electron chi connectivity index (χ4n) is 1.45. The second kappa shape index (κ2) is 4.98. The Balaban J connectivity index is 3.05. The van der Waals surface area contributed by atoms with Gasteiger partial charge < -0.3 is 15.6 Å². The Hall–Kier alpha value is -1.29. The van der Waals surface area contributed by atoms with Gasteiger partial charge in [0.1, 0.15) is 0 Å². The summed E-state index contributed by atoms with van der Waals surface area (Å²) in [6.45, 7) is 2.50. The Morgan fingerprint density at radius 1 is 1.53 bits per heavy atom. The van der Waals surface area contributed by atoms with Crippen LogP contribution < -0.4 is 10.5 Å². The van der Waals surface area contributed by atoms with Gasteiger partial charge in [0.2, 0.25) is 0 Å². The molecule has 1 unspecified atom stereocenters. The fourth-order valence-corrected chi connectivity index (χ4v) is 1.45. The van der Waals surface area contributed by atoms with Crippen molar-refractivity contribution in [2.24, 2.45) is 5.73 Å². The molecule has 1 aromatic rings. The summed E-state index contributed by atoms with van der Waals surface area (Å²) in [6, 6.07) is 2.96. The van der Waals surface area contributed by atoms with E-state index in [4.69, 9.17) is 10.5 Å². The lowest BCUT2D eigenvalue weighted by Gasteiger charge is -2.13. The Bertz CT molecular complexity index is 342. The highest BCUT2D eigenvalue weighted by atomic mass is 19.1. The summed E-state index contributed by atoms with van der Waals surface area (Å²) in [5.74, 6) is -0.790. The van der Waals surface area contributed by atoms with Gasteiger partial charge in [-0.25, -0.2) is 4.39 Å². The average molecular weight is 213 g/mol. The first-order chi connectivity index (χ1) is 7.10. The van der Waals surface area contributed by atoms with Gasteiger partial charge in [0, 0.05) is 0 Å². The van der Waals surface area contributed by atoms with Gasteiger partial charge in [0.15, 0.2) is 17.3 Å². The molecule has 1 aromatic carbocycles. The Morgan fingerprint density at radius 3 is 2.73 bits per heavy atom. The van der Waals surface area contributed by atoms with Crippen molar-refractivity contribution in [2.75, 3.05) is 13.7 Å². The Kier molecular flexibility index (Phi) is 3.91. The van der Waals surface area contributed by atoms with Gasteiger partial charge in [-0.15, -0.1) is 0 Å². The minimum absolute atomic E-state index is 0.152. The number of aromatic hydroxyl groups is 1. The Labute approximate surface area is 88.7 Å². The molecule has 0 aliphatic carbocycles. The van der Waals surface area contributed by atoms with E-state index in [1.54, 1.807) is 6.07 Å². The number of phenols is 1. The summed E-state index contributed by atoms with van der Waals surface area (Å²) >= 11 is 0. The van der Waals surface area contributed by atoms with Crippen LogP contribution >= 0.6 is 0 Å². The molecule has 4 heteroatoms. The van der Waals surface area contributed by atoms with Gasteiger partial charge in [-0.05, 0) is 36.6 Å². The van der Waals surface area contributed by atoms with Crippen LogP contribution in [0.4, 0.5) is 4.39 Å². The van der Waals surface area contributed by atoms with Crippen LogP contribution in [0.25, 0.3) is 0 Å². The first kappa shape index (κ1) is 11.8. The molecule has 0 aromatic heterocycles. The molecule has 0 saturated heterocycles. The van der Waals surface area contributed by atoms with Crippen molar-refractivity contribution in [3.63, 3.8) is 0 Å². The van der Waals surface area contributed by atoms with E-state index in [1.165, 1.54) is 13.2 Å². The second-order valence-electron chi connectivity index (χ2n) is 3.53. The van der Waals surface area contributed by atoms with Crippen LogP contribution in [0.2, 0.25) is 0 Å². The van der Waals surface area contributed by atoms with Crippen molar-refractivity contribution in [1.82, 2.24) is 0 Å². The highest BCUT2D eigenvalue weighted by Crippen LogP contribution is 2.33. The number of rotatable bonds is 4. The van der Waals surface area contributed by atoms with Gasteiger partial charge in [0.25, 0.3) is 0 Å². The van der Waals surface area contributed by atoms with Crippen LogP contribution in [-0.4, -0.2) is 18.8 Å². The molecule has 0 saturated carbocycles. The van der Waals surface area contributed by atoms with Gasteiger partial charge in [-0.2, -0.15) is 0 Å². The Morgan fingerprint density at radius 2 is 2.20 bits per heavy atom. The van der Waals surface area contributed by atoms with Gasteiger partial charge >= 0.3 is 0 Å². The topological polar surface area (TPSA) is 55.5 Å². The van der Waals surface area contributed by atoms with Crippen LogP contribution in [0, 0.1) is 5.82 Å². The summed E-state index contributed by atoms with van der Waals surface area (Å²) in [6.07, 6.45) is 0.771. The third-order valence-electron chi connectivity index (χ3n) is 2.44. The highest BCUT2D eigenvalue weighted by Gasteiger charge is 2.13. The van der Waals surface area contributed by atoms with Crippen molar-refractivity contribution in [3.05, 3.63) is 23.5 Å². The zero-order valence-electron chi connectivity index (χ0n) is 8.96. The van der Waals surface area contributed by atoms with Gasteiger partial charge in [0.05, 0.1) is 7.11 Å². The number of benzene rings is 1. The number of hydrogen-bond donors (Lipinski definition) is 2. The maximum Gasteiger partial charge on any atom is 0.194 e. The molecule has 1 atom stereocenters. The third-order valence-corrected chi connectivity index (χ3v) is 2.44. The van der Waals surface area contributed by atoms with E-state index in [9.17, 15) is 9.50 Å². The summed E-state index contributed by atoms with van der Waals surface area (Å²) in [7, 11) is 1.39. The SMILES string of the molecule is COc1cc(C(C)CCN)cc(F)c1O. The lowest BCUT2D eigenvalue weighted by Crippen LogP contribution is -2.05. The summed E-state index contributed by atoms with van der Waals surface area (Å²) in [5.41, 5.74) is 6.22. The molecule has 0 aliphatic heterocycles. The lowest BCUT2D eigenvalue weighted by molar-refractivity contribution is 0.356. The first-order valence-electron chi connectivity index (χ1n) is 4.86. The minimum Gasteiger partial charge on any atom is -0.502 e. The molecule has 0 spiro atoms.